The molecular weight excluding hydrogens is 368 g/mol. The lowest BCUT2D eigenvalue weighted by Crippen LogP contribution is -2.47. The molecule has 154 valence electrons. The summed E-state index contributed by atoms with van der Waals surface area (Å²) in [5.74, 6) is 0.190. The zero-order valence-electron chi connectivity index (χ0n) is 17.3. The number of nitrogens with zero attached hydrogens (tertiary/aromatic N) is 6. The molecule has 2 saturated heterocycles. The quantitative estimate of drug-likeness (QED) is 0.753. The molecule has 4 heterocycles. The number of hydrogen-bond donors (Lipinski definition) is 0. The van der Waals surface area contributed by atoms with Gasteiger partial charge in [-0.2, -0.15) is 5.10 Å². The maximum atomic E-state index is 13.3. The summed E-state index contributed by atoms with van der Waals surface area (Å²) >= 11 is 0. The second kappa shape index (κ2) is 7.59. The third-order valence-corrected chi connectivity index (χ3v) is 6.16. The first kappa shape index (κ1) is 19.6. The summed E-state index contributed by atoms with van der Waals surface area (Å²) in [5, 5.41) is 4.22. The average Bonchev–Trinajstić information content (AvgIpc) is 3.40. The van der Waals surface area contributed by atoms with Gasteiger partial charge in [-0.15, -0.1) is 0 Å². The molecule has 0 radical (unpaired) electrons. The van der Waals surface area contributed by atoms with Crippen LogP contribution in [0.4, 0.5) is 0 Å². The van der Waals surface area contributed by atoms with E-state index in [4.69, 9.17) is 0 Å². The second-order valence-electron chi connectivity index (χ2n) is 8.30. The fraction of sp³-hybridized carbons (Fsp3) is 0.524. The van der Waals surface area contributed by atoms with E-state index in [1.165, 1.54) is 0 Å². The van der Waals surface area contributed by atoms with Crippen molar-refractivity contribution in [1.82, 2.24) is 29.5 Å². The maximum absolute atomic E-state index is 13.3. The Morgan fingerprint density at radius 2 is 2.03 bits per heavy atom. The topological polar surface area (TPSA) is 74.6 Å². The number of carbonyl (C=O) groups is 2. The van der Waals surface area contributed by atoms with E-state index in [-0.39, 0.29) is 17.7 Å². The van der Waals surface area contributed by atoms with Crippen LogP contribution in [0.2, 0.25) is 0 Å². The van der Waals surface area contributed by atoms with E-state index in [1.54, 1.807) is 42.1 Å². The molecule has 0 bridgehead atoms. The van der Waals surface area contributed by atoms with Gasteiger partial charge < -0.3 is 9.80 Å². The van der Waals surface area contributed by atoms with Gasteiger partial charge in [0.25, 0.3) is 5.91 Å². The smallest absolute Gasteiger partial charge is 0.272 e. The van der Waals surface area contributed by atoms with Crippen molar-refractivity contribution in [2.75, 3.05) is 40.3 Å². The normalized spacial score (nSPS) is 24.0. The van der Waals surface area contributed by atoms with E-state index in [9.17, 15) is 9.59 Å². The number of pyridine rings is 1. The van der Waals surface area contributed by atoms with Crippen LogP contribution in [0.15, 0.2) is 36.8 Å². The van der Waals surface area contributed by atoms with Crippen molar-refractivity contribution in [3.8, 4) is 0 Å². The molecule has 0 saturated carbocycles. The van der Waals surface area contributed by atoms with Crippen LogP contribution in [-0.2, 0) is 17.9 Å². The van der Waals surface area contributed by atoms with Crippen molar-refractivity contribution in [1.29, 1.82) is 0 Å². The SMILES string of the molecule is CCn1nccc1C(=O)N1C[C@@H]2CN(Cc3cccnc3)C[C@]2(C(=O)N(C)C)C1. The third-order valence-electron chi connectivity index (χ3n) is 6.16. The molecule has 2 aliphatic heterocycles. The molecule has 2 aromatic rings. The predicted octanol–water partition coefficient (Wildman–Crippen LogP) is 0.960. The molecule has 2 amide bonds. The highest BCUT2D eigenvalue weighted by Gasteiger charge is 2.58. The molecule has 4 rings (SSSR count). The zero-order valence-corrected chi connectivity index (χ0v) is 17.3. The van der Waals surface area contributed by atoms with E-state index in [0.717, 1.165) is 18.7 Å². The predicted molar refractivity (Wildman–Crippen MR) is 108 cm³/mol. The van der Waals surface area contributed by atoms with Crippen molar-refractivity contribution >= 4 is 11.8 Å². The second-order valence-corrected chi connectivity index (χ2v) is 8.30. The molecule has 8 nitrogen and oxygen atoms in total. The summed E-state index contributed by atoms with van der Waals surface area (Å²) in [7, 11) is 3.60. The molecule has 2 fully saturated rings. The van der Waals surface area contributed by atoms with Crippen LogP contribution in [0, 0.1) is 11.3 Å². The molecule has 0 unspecified atom stereocenters. The van der Waals surface area contributed by atoms with Crippen LogP contribution in [0.3, 0.4) is 0 Å². The molecular formula is C21H28N6O2. The maximum Gasteiger partial charge on any atom is 0.272 e. The molecule has 0 aromatic carbocycles. The van der Waals surface area contributed by atoms with Gasteiger partial charge in [-0.25, -0.2) is 0 Å². The largest absolute Gasteiger partial charge is 0.348 e. The van der Waals surface area contributed by atoms with Crippen LogP contribution in [0.1, 0.15) is 23.0 Å². The number of fused-ring (bicyclic) bond motifs is 1. The Balaban J connectivity index is 1.56. The van der Waals surface area contributed by atoms with Gasteiger partial charge in [0.15, 0.2) is 0 Å². The van der Waals surface area contributed by atoms with Crippen LogP contribution in [0.5, 0.6) is 0 Å². The van der Waals surface area contributed by atoms with Crippen molar-refractivity contribution in [3.63, 3.8) is 0 Å². The Bertz CT molecular complexity index is 896. The minimum atomic E-state index is -0.557. The van der Waals surface area contributed by atoms with E-state index >= 15 is 0 Å². The minimum absolute atomic E-state index is 0.0384. The zero-order chi connectivity index (χ0) is 20.6. The first-order valence-corrected chi connectivity index (χ1v) is 10.1. The van der Waals surface area contributed by atoms with Gasteiger partial charge in [0.1, 0.15) is 5.69 Å². The highest BCUT2D eigenvalue weighted by molar-refractivity contribution is 5.94. The fourth-order valence-electron chi connectivity index (χ4n) is 4.87. The third kappa shape index (κ3) is 3.42. The van der Waals surface area contributed by atoms with Gasteiger partial charge >= 0.3 is 0 Å². The number of aromatic nitrogens is 3. The van der Waals surface area contributed by atoms with Gasteiger partial charge in [0.2, 0.25) is 5.91 Å². The summed E-state index contributed by atoms with van der Waals surface area (Å²) in [4.78, 5) is 36.4. The van der Waals surface area contributed by atoms with E-state index in [1.807, 2.05) is 24.1 Å². The standard InChI is InChI=1S/C21H28N6O2/c1-4-27-18(7-9-23-27)19(28)26-13-17-12-25(11-16-6-5-8-22-10-16)14-21(17,15-26)20(29)24(2)3/h5-10,17H,4,11-15H2,1-3H3/t17-,21-/m0/s1. The molecule has 29 heavy (non-hydrogen) atoms. The number of likely N-dealkylation sites (tertiary alicyclic amines) is 2. The summed E-state index contributed by atoms with van der Waals surface area (Å²) < 4.78 is 1.71. The Kier molecular flexibility index (Phi) is 5.12. The van der Waals surface area contributed by atoms with Gasteiger partial charge in [0, 0.05) is 77.9 Å². The molecule has 2 aromatic heterocycles. The number of amides is 2. The van der Waals surface area contributed by atoms with Crippen molar-refractivity contribution < 1.29 is 9.59 Å². The fourth-order valence-corrected chi connectivity index (χ4v) is 4.87. The number of rotatable bonds is 5. The van der Waals surface area contributed by atoms with E-state index in [2.05, 4.69) is 21.0 Å². The molecule has 2 aliphatic rings. The molecule has 0 N–H and O–H groups in total. The monoisotopic (exact) mass is 396 g/mol. The Hall–Kier alpha value is -2.74. The van der Waals surface area contributed by atoms with Crippen LogP contribution in [-0.4, -0.2) is 81.6 Å². The number of aryl methyl sites for hydroxylation is 1. The molecule has 2 atom stereocenters. The number of carbonyl (C=O) groups excluding carboxylic acids is 2. The Labute approximate surface area is 171 Å². The Morgan fingerprint density at radius 1 is 1.21 bits per heavy atom. The molecule has 0 spiro atoms. The lowest BCUT2D eigenvalue weighted by molar-refractivity contribution is -0.139. The summed E-state index contributed by atoms with van der Waals surface area (Å²) in [6.45, 7) is 5.87. The average molecular weight is 396 g/mol. The molecule has 0 aliphatic carbocycles. The summed E-state index contributed by atoms with van der Waals surface area (Å²) in [6.07, 6.45) is 5.30. The summed E-state index contributed by atoms with van der Waals surface area (Å²) in [5.41, 5.74) is 1.17. The van der Waals surface area contributed by atoms with Gasteiger partial charge in [-0.1, -0.05) is 6.07 Å². The number of hydrogen-bond acceptors (Lipinski definition) is 5. The first-order valence-electron chi connectivity index (χ1n) is 10.1. The van der Waals surface area contributed by atoms with Gasteiger partial charge in [-0.3, -0.25) is 24.2 Å². The summed E-state index contributed by atoms with van der Waals surface area (Å²) in [6, 6.07) is 5.75. The van der Waals surface area contributed by atoms with Crippen LogP contribution < -0.4 is 0 Å². The van der Waals surface area contributed by atoms with E-state index in [0.29, 0.717) is 31.9 Å². The van der Waals surface area contributed by atoms with Crippen molar-refractivity contribution in [3.05, 3.63) is 48.0 Å². The highest BCUT2D eigenvalue weighted by Crippen LogP contribution is 2.44. The lowest BCUT2D eigenvalue weighted by Gasteiger charge is -2.31. The van der Waals surface area contributed by atoms with Gasteiger partial charge in [0.05, 0.1) is 5.41 Å². The van der Waals surface area contributed by atoms with Crippen LogP contribution >= 0.6 is 0 Å². The lowest BCUT2D eigenvalue weighted by atomic mass is 9.80. The first-order chi connectivity index (χ1) is 13.9. The highest BCUT2D eigenvalue weighted by atomic mass is 16.2. The van der Waals surface area contributed by atoms with Crippen LogP contribution in [0.25, 0.3) is 0 Å². The van der Waals surface area contributed by atoms with Crippen molar-refractivity contribution in [2.45, 2.75) is 20.0 Å². The van der Waals surface area contributed by atoms with E-state index < -0.39 is 5.41 Å². The Morgan fingerprint density at radius 3 is 2.72 bits per heavy atom. The molecule has 8 heteroatoms. The van der Waals surface area contributed by atoms with Crippen molar-refractivity contribution in [2.24, 2.45) is 11.3 Å². The minimum Gasteiger partial charge on any atom is -0.348 e. The van der Waals surface area contributed by atoms with Gasteiger partial charge in [-0.05, 0) is 24.6 Å².